The Morgan fingerprint density at radius 2 is 1.78 bits per heavy atom. The van der Waals surface area contributed by atoms with E-state index in [1.54, 1.807) is 6.07 Å². The van der Waals surface area contributed by atoms with Crippen LogP contribution in [-0.2, 0) is 0 Å². The number of amides is 1. The Morgan fingerprint density at radius 3 is 2.39 bits per heavy atom. The first-order valence-corrected chi connectivity index (χ1v) is 6.86. The molecule has 0 bridgehead atoms. The zero-order chi connectivity index (χ0) is 13.1. The van der Waals surface area contributed by atoms with Crippen LogP contribution in [0.2, 0.25) is 0 Å². The Morgan fingerprint density at radius 1 is 1.11 bits per heavy atom. The number of aromatic carboxylic acids is 1. The lowest BCUT2D eigenvalue weighted by molar-refractivity contribution is 0.0702. The molecule has 0 spiro atoms. The lowest BCUT2D eigenvalue weighted by Gasteiger charge is -2.05. The van der Waals surface area contributed by atoms with Crippen molar-refractivity contribution in [3.05, 3.63) is 49.7 Å². The smallest absolute Gasteiger partial charge is 0.345 e. The zero-order valence-electron chi connectivity index (χ0n) is 9.01. The summed E-state index contributed by atoms with van der Waals surface area (Å²) in [4.78, 5) is 23.2. The van der Waals surface area contributed by atoms with E-state index in [1.165, 1.54) is 12.1 Å². The highest BCUT2D eigenvalue weighted by molar-refractivity contribution is 14.1. The fraction of sp³-hybridized carbons (Fsp3) is 0. The van der Waals surface area contributed by atoms with Gasteiger partial charge >= 0.3 is 5.97 Å². The van der Waals surface area contributed by atoms with Crippen LogP contribution >= 0.6 is 33.9 Å². The Labute approximate surface area is 121 Å². The van der Waals surface area contributed by atoms with Crippen LogP contribution in [0.25, 0.3) is 0 Å². The fourth-order valence-electron chi connectivity index (χ4n) is 1.32. The topological polar surface area (TPSA) is 66.4 Å². The lowest BCUT2D eigenvalue weighted by atomic mass is 10.3. The average molecular weight is 373 g/mol. The van der Waals surface area contributed by atoms with Gasteiger partial charge < -0.3 is 10.4 Å². The number of carbonyl (C=O) groups excluding carboxylic acids is 1. The van der Waals surface area contributed by atoms with Crippen molar-refractivity contribution in [3.8, 4) is 0 Å². The molecule has 0 aliphatic heterocycles. The van der Waals surface area contributed by atoms with Crippen LogP contribution in [0, 0.1) is 3.57 Å². The van der Waals surface area contributed by atoms with Crippen LogP contribution in [0.5, 0.6) is 0 Å². The standard InChI is InChI=1S/C12H8INO3S/c13-7-3-1-2-4-8(7)14-11(15)9-5-6-10(18-9)12(16)17/h1-6H,(H,14,15)(H,16,17). The van der Waals surface area contributed by atoms with Crippen molar-refractivity contribution in [2.75, 3.05) is 5.32 Å². The molecule has 0 aliphatic rings. The number of hydrogen-bond acceptors (Lipinski definition) is 3. The van der Waals surface area contributed by atoms with Gasteiger partial charge in [0.05, 0.1) is 10.6 Å². The van der Waals surface area contributed by atoms with Gasteiger partial charge in [-0.25, -0.2) is 4.79 Å². The molecule has 0 fully saturated rings. The van der Waals surface area contributed by atoms with Gasteiger partial charge in [-0.2, -0.15) is 0 Å². The third kappa shape index (κ3) is 2.88. The number of carboxylic acids is 1. The number of rotatable bonds is 3. The minimum absolute atomic E-state index is 0.155. The molecule has 0 saturated carbocycles. The summed E-state index contributed by atoms with van der Waals surface area (Å²) in [6.45, 7) is 0. The van der Waals surface area contributed by atoms with Gasteiger partial charge in [-0.05, 0) is 46.9 Å². The molecule has 0 atom stereocenters. The quantitative estimate of drug-likeness (QED) is 0.812. The number of carbonyl (C=O) groups is 2. The maximum absolute atomic E-state index is 11.9. The predicted molar refractivity (Wildman–Crippen MR) is 78.4 cm³/mol. The highest BCUT2D eigenvalue weighted by atomic mass is 127. The van der Waals surface area contributed by atoms with E-state index in [9.17, 15) is 9.59 Å². The first-order chi connectivity index (χ1) is 8.58. The number of thiophene rings is 1. The normalized spacial score (nSPS) is 10.1. The molecule has 2 rings (SSSR count). The highest BCUT2D eigenvalue weighted by Gasteiger charge is 2.13. The van der Waals surface area contributed by atoms with Crippen molar-refractivity contribution >= 4 is 51.5 Å². The minimum Gasteiger partial charge on any atom is -0.477 e. The fourth-order valence-corrected chi connectivity index (χ4v) is 2.58. The summed E-state index contributed by atoms with van der Waals surface area (Å²) in [5.74, 6) is -1.31. The molecular formula is C12H8INO3S. The van der Waals surface area contributed by atoms with E-state index in [1.807, 2.05) is 18.2 Å². The number of carboxylic acid groups (broad SMARTS) is 1. The van der Waals surface area contributed by atoms with Gasteiger partial charge in [0, 0.05) is 3.57 Å². The molecule has 0 radical (unpaired) electrons. The molecule has 0 unspecified atom stereocenters. The van der Waals surface area contributed by atoms with Crippen molar-refractivity contribution in [2.24, 2.45) is 0 Å². The summed E-state index contributed by atoms with van der Waals surface area (Å²) in [5.41, 5.74) is 0.716. The number of benzene rings is 1. The van der Waals surface area contributed by atoms with Crippen molar-refractivity contribution in [1.82, 2.24) is 0 Å². The molecule has 0 saturated heterocycles. The molecule has 1 heterocycles. The van der Waals surface area contributed by atoms with Crippen LogP contribution in [0.3, 0.4) is 0 Å². The second-order valence-corrected chi connectivity index (χ2v) is 5.65. The van der Waals surface area contributed by atoms with Gasteiger partial charge in [0.1, 0.15) is 4.88 Å². The third-order valence-corrected chi connectivity index (χ3v) is 4.18. The summed E-state index contributed by atoms with van der Waals surface area (Å²) in [5, 5.41) is 11.5. The van der Waals surface area contributed by atoms with Crippen molar-refractivity contribution in [3.63, 3.8) is 0 Å². The van der Waals surface area contributed by atoms with E-state index in [2.05, 4.69) is 27.9 Å². The Bertz CT molecular complexity index is 609. The van der Waals surface area contributed by atoms with Gasteiger partial charge in [-0.15, -0.1) is 11.3 Å². The van der Waals surface area contributed by atoms with E-state index in [0.29, 0.717) is 10.6 Å². The summed E-state index contributed by atoms with van der Waals surface area (Å²) >= 11 is 3.08. The van der Waals surface area contributed by atoms with Crippen LogP contribution in [0.4, 0.5) is 5.69 Å². The van der Waals surface area contributed by atoms with Gasteiger partial charge in [0.15, 0.2) is 0 Å². The van der Waals surface area contributed by atoms with Crippen molar-refractivity contribution < 1.29 is 14.7 Å². The van der Waals surface area contributed by atoms with Gasteiger partial charge in [0.2, 0.25) is 0 Å². The van der Waals surface area contributed by atoms with E-state index in [-0.39, 0.29) is 10.8 Å². The monoisotopic (exact) mass is 373 g/mol. The summed E-state index contributed by atoms with van der Waals surface area (Å²) in [7, 11) is 0. The Hall–Kier alpha value is -1.41. The molecule has 1 amide bonds. The lowest BCUT2D eigenvalue weighted by Crippen LogP contribution is -2.10. The predicted octanol–water partition coefficient (Wildman–Crippen LogP) is 3.30. The number of hydrogen-bond donors (Lipinski definition) is 2. The molecule has 18 heavy (non-hydrogen) atoms. The van der Waals surface area contributed by atoms with Gasteiger partial charge in [0.25, 0.3) is 5.91 Å². The Kier molecular flexibility index (Phi) is 3.97. The molecule has 1 aromatic heterocycles. The summed E-state index contributed by atoms with van der Waals surface area (Å²) in [6.07, 6.45) is 0. The molecule has 6 heteroatoms. The van der Waals surface area contributed by atoms with Crippen LogP contribution in [0.1, 0.15) is 19.3 Å². The number of para-hydroxylation sites is 1. The third-order valence-electron chi connectivity index (χ3n) is 2.16. The highest BCUT2D eigenvalue weighted by Crippen LogP contribution is 2.21. The molecule has 2 aromatic rings. The molecule has 4 nitrogen and oxygen atoms in total. The second kappa shape index (κ2) is 5.49. The van der Waals surface area contributed by atoms with Crippen molar-refractivity contribution in [1.29, 1.82) is 0 Å². The maximum atomic E-state index is 11.9. The van der Waals surface area contributed by atoms with Crippen LogP contribution < -0.4 is 5.32 Å². The molecule has 2 N–H and O–H groups in total. The van der Waals surface area contributed by atoms with Crippen LogP contribution in [0.15, 0.2) is 36.4 Å². The number of anilines is 1. The zero-order valence-corrected chi connectivity index (χ0v) is 12.0. The average Bonchev–Trinajstić information content (AvgIpc) is 2.81. The first kappa shape index (κ1) is 13.0. The summed E-state index contributed by atoms with van der Waals surface area (Å²) < 4.78 is 0.929. The summed E-state index contributed by atoms with van der Waals surface area (Å²) in [6, 6.07) is 10.3. The van der Waals surface area contributed by atoms with Crippen LogP contribution in [-0.4, -0.2) is 17.0 Å². The van der Waals surface area contributed by atoms with Gasteiger partial charge in [-0.1, -0.05) is 12.1 Å². The van der Waals surface area contributed by atoms with E-state index >= 15 is 0 Å². The SMILES string of the molecule is O=C(O)c1ccc(C(=O)Nc2ccccc2I)s1. The van der Waals surface area contributed by atoms with E-state index in [0.717, 1.165) is 14.9 Å². The first-order valence-electron chi connectivity index (χ1n) is 4.97. The van der Waals surface area contributed by atoms with Gasteiger partial charge in [-0.3, -0.25) is 4.79 Å². The molecule has 92 valence electrons. The largest absolute Gasteiger partial charge is 0.477 e. The van der Waals surface area contributed by atoms with Crippen molar-refractivity contribution in [2.45, 2.75) is 0 Å². The van der Waals surface area contributed by atoms with E-state index in [4.69, 9.17) is 5.11 Å². The molecule has 0 aliphatic carbocycles. The molecular weight excluding hydrogens is 365 g/mol. The second-order valence-electron chi connectivity index (χ2n) is 3.40. The molecule has 1 aromatic carbocycles. The minimum atomic E-state index is -1.02. The maximum Gasteiger partial charge on any atom is 0.345 e. The van der Waals surface area contributed by atoms with E-state index < -0.39 is 5.97 Å². The number of halogens is 1. The Balaban J connectivity index is 2.17. The number of nitrogens with one attached hydrogen (secondary N) is 1.